The van der Waals surface area contributed by atoms with Gasteiger partial charge in [-0.25, -0.2) is 0 Å². The van der Waals surface area contributed by atoms with E-state index in [4.69, 9.17) is 37.9 Å². The van der Waals surface area contributed by atoms with Gasteiger partial charge in [0.25, 0.3) is 0 Å². The predicted molar refractivity (Wildman–Crippen MR) is 217 cm³/mol. The minimum Gasteiger partial charge on any atom is -0.394 e. The number of aliphatic hydroxyl groups is 11. The molecule has 9 rings (SSSR count). The number of allylic oxidation sites excluding steroid dienone is 1. The van der Waals surface area contributed by atoms with Gasteiger partial charge in [-0.2, -0.15) is 0 Å². The summed E-state index contributed by atoms with van der Waals surface area (Å²) in [6, 6.07) is 0. The van der Waals surface area contributed by atoms with Gasteiger partial charge in [0.05, 0.1) is 38.1 Å². The maximum atomic E-state index is 12.8. The van der Waals surface area contributed by atoms with E-state index in [0.717, 1.165) is 32.1 Å². The summed E-state index contributed by atoms with van der Waals surface area (Å²) < 4.78 is 49.7. The molecule has 0 radical (unpaired) electrons. The Kier molecular flexibility index (Phi) is 13.1. The second kappa shape index (κ2) is 17.4. The van der Waals surface area contributed by atoms with E-state index in [1.165, 1.54) is 12.5 Å². The highest BCUT2D eigenvalue weighted by atomic mass is 16.8. The van der Waals surface area contributed by atoms with Gasteiger partial charge in [0.1, 0.15) is 78.8 Å². The summed E-state index contributed by atoms with van der Waals surface area (Å²) in [6.07, 6.45) is -19.4. The molecule has 0 amide bonds. The number of fused-ring (bicyclic) bond motifs is 7. The van der Waals surface area contributed by atoms with Gasteiger partial charge in [0.15, 0.2) is 24.7 Å². The molecule has 1 spiro atoms. The summed E-state index contributed by atoms with van der Waals surface area (Å²) in [5, 5.41) is 121. The Balaban J connectivity index is 0.972. The van der Waals surface area contributed by atoms with E-state index < -0.39 is 134 Å². The first-order chi connectivity index (χ1) is 30.2. The molecular formula is C45H72O19. The van der Waals surface area contributed by atoms with Crippen LogP contribution >= 0.6 is 0 Å². The van der Waals surface area contributed by atoms with E-state index >= 15 is 0 Å². The van der Waals surface area contributed by atoms with Crippen molar-refractivity contribution in [2.24, 2.45) is 40.4 Å². The molecule has 19 heteroatoms. The average molecular weight is 917 g/mol. The highest BCUT2D eigenvalue weighted by Crippen LogP contribution is 2.71. The molecule has 5 heterocycles. The van der Waals surface area contributed by atoms with Gasteiger partial charge in [0.2, 0.25) is 0 Å². The van der Waals surface area contributed by atoms with Crippen LogP contribution in [0.5, 0.6) is 0 Å². The van der Waals surface area contributed by atoms with Crippen LogP contribution in [0.2, 0.25) is 0 Å². The van der Waals surface area contributed by atoms with Crippen LogP contribution in [0.15, 0.2) is 11.6 Å². The fourth-order valence-electron chi connectivity index (χ4n) is 13.9. The third-order valence-electron chi connectivity index (χ3n) is 17.9. The first-order valence-electron chi connectivity index (χ1n) is 23.6. The highest BCUT2D eigenvalue weighted by Gasteiger charge is 2.70. The highest BCUT2D eigenvalue weighted by molar-refractivity contribution is 5.34. The molecule has 11 N–H and O–H groups in total. The van der Waals surface area contributed by atoms with Gasteiger partial charge in [-0.1, -0.05) is 39.3 Å². The van der Waals surface area contributed by atoms with Crippen molar-refractivity contribution < 1.29 is 94.1 Å². The molecule has 27 unspecified atom stereocenters. The van der Waals surface area contributed by atoms with Crippen molar-refractivity contribution in [2.45, 2.75) is 208 Å². The first kappa shape index (κ1) is 48.0. The van der Waals surface area contributed by atoms with Crippen LogP contribution in [-0.4, -0.2) is 198 Å². The molecule has 5 saturated heterocycles. The topological polar surface area (TPSA) is 296 Å². The summed E-state index contributed by atoms with van der Waals surface area (Å²) in [4.78, 5) is 0. The van der Waals surface area contributed by atoms with Gasteiger partial charge >= 0.3 is 0 Å². The Hall–Kier alpha value is -1.02. The van der Waals surface area contributed by atoms with Gasteiger partial charge in [-0.3, -0.25) is 0 Å². The Morgan fingerprint density at radius 1 is 0.672 bits per heavy atom. The van der Waals surface area contributed by atoms with Crippen molar-refractivity contribution >= 4 is 0 Å². The van der Waals surface area contributed by atoms with Crippen LogP contribution in [0.1, 0.15) is 86.0 Å². The third-order valence-corrected chi connectivity index (χ3v) is 17.9. The molecular weight excluding hydrogens is 844 g/mol. The van der Waals surface area contributed by atoms with Crippen LogP contribution in [0, 0.1) is 40.4 Å². The molecule has 366 valence electrons. The maximum absolute atomic E-state index is 12.8. The monoisotopic (exact) mass is 916 g/mol. The van der Waals surface area contributed by atoms with Gasteiger partial charge < -0.3 is 94.1 Å². The average Bonchev–Trinajstić information content (AvgIpc) is 3.71. The summed E-state index contributed by atoms with van der Waals surface area (Å²) in [5.74, 6) is 0.569. The van der Waals surface area contributed by atoms with Crippen LogP contribution in [0.25, 0.3) is 0 Å². The zero-order valence-corrected chi connectivity index (χ0v) is 37.3. The van der Waals surface area contributed by atoms with Crippen molar-refractivity contribution in [1.29, 1.82) is 0 Å². The molecule has 0 aromatic rings. The number of aliphatic hydroxyl groups excluding tert-OH is 10. The third kappa shape index (κ3) is 7.42. The fraction of sp³-hybridized carbons (Fsp3) is 0.956. The molecule has 4 aliphatic carbocycles. The van der Waals surface area contributed by atoms with Crippen molar-refractivity contribution in [3.05, 3.63) is 11.6 Å². The van der Waals surface area contributed by atoms with Gasteiger partial charge in [0, 0.05) is 24.2 Å². The lowest BCUT2D eigenvalue weighted by atomic mass is 9.45. The van der Waals surface area contributed by atoms with Crippen LogP contribution in [0.4, 0.5) is 0 Å². The summed E-state index contributed by atoms with van der Waals surface area (Å²) >= 11 is 0. The van der Waals surface area contributed by atoms with Gasteiger partial charge in [-0.15, -0.1) is 0 Å². The predicted octanol–water partition coefficient (Wildman–Crippen LogP) is -1.70. The Morgan fingerprint density at radius 2 is 1.31 bits per heavy atom. The normalized spacial score (nSPS) is 58.6. The first-order valence-corrected chi connectivity index (χ1v) is 23.6. The summed E-state index contributed by atoms with van der Waals surface area (Å²) in [7, 11) is 0. The standard InChI is InChI=1S/C45H72O19/c1-18-6-11-45(57-17-18)19(2)29-25(64-45)13-24-22-12-28(48)44(56)14-21(7-10-43(44,5)23(22)8-9-42(24,29)4)59-41-38(63-39-35(54)33(52)30(49)20(3)58-39)37(32(51)27(16-47)61-41)62-40-36(55)34(53)31(50)26(15-46)60-40/h12,18-21,23-41,46-56H,6-11,13-17H2,1-5H3. The number of rotatable bonds is 8. The smallest absolute Gasteiger partial charge is 0.187 e. The molecule has 8 fully saturated rings. The van der Waals surface area contributed by atoms with Crippen molar-refractivity contribution in [1.82, 2.24) is 0 Å². The Labute approximate surface area is 373 Å². The summed E-state index contributed by atoms with van der Waals surface area (Å²) in [5.41, 5.74) is -1.33. The second-order valence-corrected chi connectivity index (χ2v) is 21.4. The molecule has 0 aromatic heterocycles. The molecule has 5 aliphatic heterocycles. The molecule has 3 saturated carbocycles. The van der Waals surface area contributed by atoms with E-state index in [0.29, 0.717) is 31.3 Å². The van der Waals surface area contributed by atoms with Crippen LogP contribution in [-0.2, 0) is 37.9 Å². The van der Waals surface area contributed by atoms with E-state index in [1.54, 1.807) is 0 Å². The fourth-order valence-corrected chi connectivity index (χ4v) is 13.9. The minimum atomic E-state index is -1.91. The maximum Gasteiger partial charge on any atom is 0.187 e. The van der Waals surface area contributed by atoms with Crippen LogP contribution < -0.4 is 0 Å². The molecule has 0 bridgehead atoms. The SMILES string of the molecule is CC1CCC2(OC1)OC1CC3C4=CC(O)C5(O)CC(OC6OC(CO)C(O)C(OC7OC(CO)C(O)C(O)C7O)C6OC6OC(C)C(O)C(O)C6O)CCC5(C)C4CCC3(C)C1C2C. The van der Waals surface area contributed by atoms with Crippen LogP contribution in [0.3, 0.4) is 0 Å². The lowest BCUT2D eigenvalue weighted by Crippen LogP contribution is -2.68. The van der Waals surface area contributed by atoms with Crippen molar-refractivity contribution in [2.75, 3.05) is 19.8 Å². The van der Waals surface area contributed by atoms with Gasteiger partial charge in [-0.05, 0) is 74.5 Å². The van der Waals surface area contributed by atoms with Crippen molar-refractivity contribution in [3.63, 3.8) is 0 Å². The molecule has 9 aliphatic rings. The number of hydrogen-bond donors (Lipinski definition) is 11. The van der Waals surface area contributed by atoms with E-state index in [1.807, 2.05) is 13.0 Å². The number of hydrogen-bond acceptors (Lipinski definition) is 19. The molecule has 19 nitrogen and oxygen atoms in total. The second-order valence-electron chi connectivity index (χ2n) is 21.4. The quantitative estimate of drug-likeness (QED) is 0.121. The zero-order valence-electron chi connectivity index (χ0n) is 37.3. The van der Waals surface area contributed by atoms with E-state index in [2.05, 4.69) is 20.8 Å². The largest absolute Gasteiger partial charge is 0.394 e. The Morgan fingerprint density at radius 3 is 1.98 bits per heavy atom. The molecule has 64 heavy (non-hydrogen) atoms. The molecule has 27 atom stereocenters. The van der Waals surface area contributed by atoms with E-state index in [9.17, 15) is 56.2 Å². The van der Waals surface area contributed by atoms with Crippen molar-refractivity contribution in [3.8, 4) is 0 Å². The zero-order chi connectivity index (χ0) is 46.0. The van der Waals surface area contributed by atoms with E-state index in [-0.39, 0.29) is 35.7 Å². The molecule has 0 aromatic carbocycles. The Bertz CT molecular complexity index is 1700. The summed E-state index contributed by atoms with van der Waals surface area (Å²) in [6.45, 7) is 9.50. The lowest BCUT2D eigenvalue weighted by Gasteiger charge is -2.62. The lowest BCUT2D eigenvalue weighted by molar-refractivity contribution is -0.396. The minimum absolute atomic E-state index is 0.0317. The number of ether oxygens (including phenoxy) is 8.